The van der Waals surface area contributed by atoms with Crippen LogP contribution in [0.3, 0.4) is 0 Å². The van der Waals surface area contributed by atoms with E-state index in [1.165, 1.54) is 17.7 Å². The Morgan fingerprint density at radius 2 is 2.05 bits per heavy atom. The SMILES string of the molecule is CCCNc1nc(C(CCC)OC)nc2c1CCC2. The fourth-order valence-corrected chi connectivity index (χ4v) is 2.60. The minimum atomic E-state index is 0.0260. The summed E-state index contributed by atoms with van der Waals surface area (Å²) in [5, 5.41) is 3.45. The highest BCUT2D eigenvalue weighted by Crippen LogP contribution is 2.29. The van der Waals surface area contributed by atoms with E-state index in [2.05, 4.69) is 19.2 Å². The Labute approximate surface area is 116 Å². The molecule has 1 N–H and O–H groups in total. The highest BCUT2D eigenvalue weighted by Gasteiger charge is 2.22. The molecule has 106 valence electrons. The van der Waals surface area contributed by atoms with E-state index in [1.807, 2.05) is 0 Å². The predicted octanol–water partition coefficient (Wildman–Crippen LogP) is 3.27. The number of hydrogen-bond acceptors (Lipinski definition) is 4. The minimum Gasteiger partial charge on any atom is -0.373 e. The second-order valence-corrected chi connectivity index (χ2v) is 5.15. The third-order valence-electron chi connectivity index (χ3n) is 3.62. The molecule has 0 spiro atoms. The van der Waals surface area contributed by atoms with Gasteiger partial charge < -0.3 is 10.1 Å². The van der Waals surface area contributed by atoms with Crippen LogP contribution in [0.15, 0.2) is 0 Å². The van der Waals surface area contributed by atoms with Crippen molar-refractivity contribution >= 4 is 5.82 Å². The highest BCUT2D eigenvalue weighted by molar-refractivity contribution is 5.49. The van der Waals surface area contributed by atoms with Crippen LogP contribution in [0.1, 0.15) is 62.7 Å². The number of fused-ring (bicyclic) bond motifs is 1. The zero-order chi connectivity index (χ0) is 13.7. The molecule has 1 heterocycles. The van der Waals surface area contributed by atoms with Gasteiger partial charge in [0.2, 0.25) is 0 Å². The molecule has 4 nitrogen and oxygen atoms in total. The van der Waals surface area contributed by atoms with Gasteiger partial charge in [0.1, 0.15) is 11.9 Å². The van der Waals surface area contributed by atoms with Crippen molar-refractivity contribution in [3.05, 3.63) is 17.1 Å². The van der Waals surface area contributed by atoms with E-state index in [1.54, 1.807) is 7.11 Å². The molecule has 0 aromatic carbocycles. The van der Waals surface area contributed by atoms with Gasteiger partial charge >= 0.3 is 0 Å². The summed E-state index contributed by atoms with van der Waals surface area (Å²) >= 11 is 0. The van der Waals surface area contributed by atoms with Gasteiger partial charge in [0.15, 0.2) is 5.82 Å². The van der Waals surface area contributed by atoms with Crippen LogP contribution >= 0.6 is 0 Å². The molecule has 2 rings (SSSR count). The Hall–Kier alpha value is -1.16. The van der Waals surface area contributed by atoms with E-state index < -0.39 is 0 Å². The van der Waals surface area contributed by atoms with Crippen molar-refractivity contribution in [1.82, 2.24) is 9.97 Å². The number of anilines is 1. The number of aryl methyl sites for hydroxylation is 1. The van der Waals surface area contributed by atoms with Crippen LogP contribution < -0.4 is 5.32 Å². The monoisotopic (exact) mass is 263 g/mol. The Kier molecular flexibility index (Phi) is 5.14. The van der Waals surface area contributed by atoms with Crippen molar-refractivity contribution in [2.75, 3.05) is 19.0 Å². The van der Waals surface area contributed by atoms with Gasteiger partial charge in [-0.15, -0.1) is 0 Å². The molecular formula is C15H25N3O. The third-order valence-corrected chi connectivity index (χ3v) is 3.62. The summed E-state index contributed by atoms with van der Waals surface area (Å²) in [5.41, 5.74) is 2.55. The molecular weight excluding hydrogens is 238 g/mol. The van der Waals surface area contributed by atoms with Crippen molar-refractivity contribution < 1.29 is 4.74 Å². The van der Waals surface area contributed by atoms with Gasteiger partial charge in [-0.3, -0.25) is 0 Å². The van der Waals surface area contributed by atoms with Crippen molar-refractivity contribution in [3.63, 3.8) is 0 Å². The van der Waals surface area contributed by atoms with Crippen LogP contribution in [0.5, 0.6) is 0 Å². The number of nitrogens with zero attached hydrogens (tertiary/aromatic N) is 2. The topological polar surface area (TPSA) is 47.0 Å². The lowest BCUT2D eigenvalue weighted by Gasteiger charge is -2.17. The van der Waals surface area contributed by atoms with Crippen LogP contribution in [0, 0.1) is 0 Å². The molecule has 1 atom stereocenters. The second-order valence-electron chi connectivity index (χ2n) is 5.15. The molecule has 0 saturated heterocycles. The zero-order valence-corrected chi connectivity index (χ0v) is 12.3. The number of ether oxygens (including phenoxy) is 1. The van der Waals surface area contributed by atoms with E-state index in [-0.39, 0.29) is 6.10 Å². The van der Waals surface area contributed by atoms with Crippen molar-refractivity contribution in [3.8, 4) is 0 Å². The van der Waals surface area contributed by atoms with Gasteiger partial charge in [-0.25, -0.2) is 9.97 Å². The maximum absolute atomic E-state index is 5.54. The Balaban J connectivity index is 2.29. The Morgan fingerprint density at radius 3 is 2.74 bits per heavy atom. The number of rotatable bonds is 7. The maximum Gasteiger partial charge on any atom is 0.159 e. The van der Waals surface area contributed by atoms with Gasteiger partial charge in [-0.2, -0.15) is 0 Å². The molecule has 0 amide bonds. The first-order valence-electron chi connectivity index (χ1n) is 7.46. The lowest BCUT2D eigenvalue weighted by Crippen LogP contribution is -2.13. The molecule has 0 fully saturated rings. The van der Waals surface area contributed by atoms with Crippen molar-refractivity contribution in [2.24, 2.45) is 0 Å². The predicted molar refractivity (Wildman–Crippen MR) is 77.5 cm³/mol. The smallest absolute Gasteiger partial charge is 0.159 e. The first-order valence-corrected chi connectivity index (χ1v) is 7.46. The lowest BCUT2D eigenvalue weighted by molar-refractivity contribution is 0.0875. The van der Waals surface area contributed by atoms with Gasteiger partial charge in [0.05, 0.1) is 0 Å². The molecule has 0 aliphatic heterocycles. The van der Waals surface area contributed by atoms with E-state index in [9.17, 15) is 0 Å². The molecule has 1 aromatic rings. The molecule has 4 heteroatoms. The van der Waals surface area contributed by atoms with Crippen molar-refractivity contribution in [1.29, 1.82) is 0 Å². The third kappa shape index (κ3) is 3.24. The largest absolute Gasteiger partial charge is 0.373 e. The minimum absolute atomic E-state index is 0.0260. The van der Waals surface area contributed by atoms with Gasteiger partial charge in [-0.1, -0.05) is 20.3 Å². The summed E-state index contributed by atoms with van der Waals surface area (Å²) in [6, 6.07) is 0. The summed E-state index contributed by atoms with van der Waals surface area (Å²) in [4.78, 5) is 9.46. The summed E-state index contributed by atoms with van der Waals surface area (Å²) < 4.78 is 5.54. The van der Waals surface area contributed by atoms with Gasteiger partial charge in [-0.05, 0) is 32.1 Å². The molecule has 0 radical (unpaired) electrons. The molecule has 1 aliphatic rings. The number of nitrogens with one attached hydrogen (secondary N) is 1. The summed E-state index contributed by atoms with van der Waals surface area (Å²) in [6.07, 6.45) is 6.56. The van der Waals surface area contributed by atoms with Crippen LogP contribution in [0.2, 0.25) is 0 Å². The molecule has 0 bridgehead atoms. The average Bonchev–Trinajstić information content (AvgIpc) is 2.90. The Bertz CT molecular complexity index is 420. The van der Waals surface area contributed by atoms with E-state index in [4.69, 9.17) is 14.7 Å². The fraction of sp³-hybridized carbons (Fsp3) is 0.733. The second kappa shape index (κ2) is 6.85. The molecule has 1 unspecified atom stereocenters. The van der Waals surface area contributed by atoms with E-state index in [0.29, 0.717) is 0 Å². The van der Waals surface area contributed by atoms with Gasteiger partial charge in [0.25, 0.3) is 0 Å². The fourth-order valence-electron chi connectivity index (χ4n) is 2.60. The maximum atomic E-state index is 5.54. The highest BCUT2D eigenvalue weighted by atomic mass is 16.5. The van der Waals surface area contributed by atoms with Crippen LogP contribution in [-0.4, -0.2) is 23.6 Å². The zero-order valence-electron chi connectivity index (χ0n) is 12.3. The first kappa shape index (κ1) is 14.3. The average molecular weight is 263 g/mol. The lowest BCUT2D eigenvalue weighted by atomic mass is 10.1. The van der Waals surface area contributed by atoms with E-state index in [0.717, 1.165) is 50.3 Å². The number of hydrogen-bond donors (Lipinski definition) is 1. The summed E-state index contributed by atoms with van der Waals surface area (Å²) in [7, 11) is 1.75. The van der Waals surface area contributed by atoms with Crippen molar-refractivity contribution in [2.45, 2.75) is 58.5 Å². The van der Waals surface area contributed by atoms with Crippen LogP contribution in [0.4, 0.5) is 5.82 Å². The standard InChI is InChI=1S/C15H25N3O/c1-4-7-13(19-3)15-17-12-9-6-8-11(12)14(18-15)16-10-5-2/h13H,4-10H2,1-3H3,(H,16,17,18). The quantitative estimate of drug-likeness (QED) is 0.820. The summed E-state index contributed by atoms with van der Waals surface area (Å²) in [6.45, 7) is 5.30. The molecule has 0 saturated carbocycles. The molecule has 1 aliphatic carbocycles. The van der Waals surface area contributed by atoms with Crippen LogP contribution in [0.25, 0.3) is 0 Å². The number of aromatic nitrogens is 2. The first-order chi connectivity index (χ1) is 9.30. The van der Waals surface area contributed by atoms with E-state index >= 15 is 0 Å². The van der Waals surface area contributed by atoms with Gasteiger partial charge in [0, 0.05) is 24.9 Å². The summed E-state index contributed by atoms with van der Waals surface area (Å²) in [5.74, 6) is 1.89. The molecule has 1 aromatic heterocycles. The Morgan fingerprint density at radius 1 is 1.21 bits per heavy atom. The molecule has 19 heavy (non-hydrogen) atoms. The number of methoxy groups -OCH3 is 1. The van der Waals surface area contributed by atoms with Crippen LogP contribution in [-0.2, 0) is 17.6 Å². The normalized spacial score (nSPS) is 15.3.